The van der Waals surface area contributed by atoms with E-state index >= 15 is 0 Å². The Kier molecular flexibility index (Phi) is 3.26. The smallest absolute Gasteiger partial charge is 0.167 e. The van der Waals surface area contributed by atoms with Gasteiger partial charge >= 0.3 is 0 Å². The first kappa shape index (κ1) is 13.2. The number of ether oxygens (including phenoxy) is 2. The molecule has 20 heavy (non-hydrogen) atoms. The standard InChI is InChI=1S/C11H16N6O3/c1-19-8-6(12)5(2-18)20-11(8)17-4-16-7-9(13)14-3-15-10(7)17/h3-6,8,11,18H,2,12H2,1H3,(H2,13,14,15)/t5-,6?,8?,11-/m1/s1. The molecule has 0 spiro atoms. The van der Waals surface area contributed by atoms with Crippen molar-refractivity contribution in [2.45, 2.75) is 24.5 Å². The fourth-order valence-corrected chi connectivity index (χ4v) is 2.47. The van der Waals surface area contributed by atoms with Gasteiger partial charge in [-0.05, 0) is 0 Å². The Morgan fingerprint density at radius 3 is 2.95 bits per heavy atom. The van der Waals surface area contributed by atoms with E-state index in [4.69, 9.17) is 20.9 Å². The number of anilines is 1. The predicted octanol–water partition coefficient (Wildman–Crippen LogP) is -1.36. The predicted molar refractivity (Wildman–Crippen MR) is 69.5 cm³/mol. The molecule has 0 saturated carbocycles. The summed E-state index contributed by atoms with van der Waals surface area (Å²) < 4.78 is 12.8. The summed E-state index contributed by atoms with van der Waals surface area (Å²) in [5, 5.41) is 9.29. The molecule has 1 aliphatic heterocycles. The third-order valence-electron chi connectivity index (χ3n) is 3.52. The van der Waals surface area contributed by atoms with Crippen molar-refractivity contribution in [2.75, 3.05) is 19.5 Å². The molecule has 1 aliphatic rings. The largest absolute Gasteiger partial charge is 0.394 e. The molecule has 2 aromatic heterocycles. The molecule has 0 aromatic carbocycles. The number of aromatic nitrogens is 4. The highest BCUT2D eigenvalue weighted by atomic mass is 16.6. The van der Waals surface area contributed by atoms with E-state index in [-0.39, 0.29) is 6.61 Å². The van der Waals surface area contributed by atoms with E-state index in [1.165, 1.54) is 6.33 Å². The highest BCUT2D eigenvalue weighted by Gasteiger charge is 2.44. The van der Waals surface area contributed by atoms with Crippen molar-refractivity contribution in [1.82, 2.24) is 19.5 Å². The van der Waals surface area contributed by atoms with Gasteiger partial charge in [0.05, 0.1) is 19.0 Å². The summed E-state index contributed by atoms with van der Waals surface area (Å²) in [4.78, 5) is 12.2. The minimum absolute atomic E-state index is 0.179. The molecule has 0 amide bonds. The van der Waals surface area contributed by atoms with E-state index in [0.29, 0.717) is 17.0 Å². The maximum atomic E-state index is 9.29. The lowest BCUT2D eigenvalue weighted by atomic mass is 10.1. The molecule has 0 aliphatic carbocycles. The van der Waals surface area contributed by atoms with Crippen LogP contribution >= 0.6 is 0 Å². The number of imidazole rings is 1. The molecule has 1 saturated heterocycles. The zero-order chi connectivity index (χ0) is 14.3. The monoisotopic (exact) mass is 280 g/mol. The highest BCUT2D eigenvalue weighted by molar-refractivity contribution is 5.81. The van der Waals surface area contributed by atoms with E-state index in [0.717, 1.165) is 0 Å². The fraction of sp³-hybridized carbons (Fsp3) is 0.545. The van der Waals surface area contributed by atoms with Crippen LogP contribution in [0, 0.1) is 0 Å². The molecule has 108 valence electrons. The molecular formula is C11H16N6O3. The van der Waals surface area contributed by atoms with Crippen LogP contribution in [0.25, 0.3) is 11.2 Å². The first-order valence-corrected chi connectivity index (χ1v) is 6.15. The van der Waals surface area contributed by atoms with Gasteiger partial charge in [0.15, 0.2) is 17.7 Å². The fourth-order valence-electron chi connectivity index (χ4n) is 2.47. The van der Waals surface area contributed by atoms with Crippen molar-refractivity contribution in [2.24, 2.45) is 5.73 Å². The maximum Gasteiger partial charge on any atom is 0.167 e. The van der Waals surface area contributed by atoms with Gasteiger partial charge in [0, 0.05) is 7.11 Å². The summed E-state index contributed by atoms with van der Waals surface area (Å²) in [5.41, 5.74) is 12.8. The van der Waals surface area contributed by atoms with Crippen LogP contribution in [0.2, 0.25) is 0 Å². The number of methoxy groups -OCH3 is 1. The molecular weight excluding hydrogens is 264 g/mol. The molecule has 0 bridgehead atoms. The van der Waals surface area contributed by atoms with Crippen LogP contribution in [0.15, 0.2) is 12.7 Å². The van der Waals surface area contributed by atoms with Crippen molar-refractivity contribution in [3.8, 4) is 0 Å². The Balaban J connectivity index is 2.04. The molecule has 5 N–H and O–H groups in total. The molecule has 3 rings (SSSR count). The van der Waals surface area contributed by atoms with Gasteiger partial charge in [0.2, 0.25) is 0 Å². The number of aliphatic hydroxyl groups is 1. The Bertz CT molecular complexity index is 617. The summed E-state index contributed by atoms with van der Waals surface area (Å²) >= 11 is 0. The van der Waals surface area contributed by atoms with E-state index in [9.17, 15) is 5.11 Å². The number of hydrogen-bond acceptors (Lipinski definition) is 8. The number of rotatable bonds is 3. The van der Waals surface area contributed by atoms with Crippen LogP contribution in [0.3, 0.4) is 0 Å². The van der Waals surface area contributed by atoms with E-state index in [2.05, 4.69) is 15.0 Å². The summed E-state index contributed by atoms with van der Waals surface area (Å²) in [5.74, 6) is 0.295. The number of nitrogens with two attached hydrogens (primary N) is 2. The molecule has 3 heterocycles. The first-order valence-electron chi connectivity index (χ1n) is 6.15. The normalized spacial score (nSPS) is 30.1. The maximum absolute atomic E-state index is 9.29. The van der Waals surface area contributed by atoms with Crippen LogP contribution in [-0.2, 0) is 9.47 Å². The molecule has 2 unspecified atom stereocenters. The van der Waals surface area contributed by atoms with E-state index in [1.54, 1.807) is 18.0 Å². The Morgan fingerprint density at radius 1 is 1.45 bits per heavy atom. The number of aliphatic hydroxyl groups excluding tert-OH is 1. The number of nitrogen functional groups attached to an aromatic ring is 1. The van der Waals surface area contributed by atoms with Crippen molar-refractivity contribution in [1.29, 1.82) is 0 Å². The number of fused-ring (bicyclic) bond motifs is 1. The van der Waals surface area contributed by atoms with Crippen LogP contribution < -0.4 is 11.5 Å². The van der Waals surface area contributed by atoms with Gasteiger partial charge < -0.3 is 26.0 Å². The number of hydrogen-bond donors (Lipinski definition) is 3. The lowest BCUT2D eigenvalue weighted by Crippen LogP contribution is -2.42. The van der Waals surface area contributed by atoms with Crippen molar-refractivity contribution in [3.05, 3.63) is 12.7 Å². The lowest BCUT2D eigenvalue weighted by molar-refractivity contribution is -0.0583. The molecule has 9 nitrogen and oxygen atoms in total. The molecule has 9 heteroatoms. The average Bonchev–Trinajstić information content (AvgIpc) is 3.00. The third kappa shape index (κ3) is 1.83. The van der Waals surface area contributed by atoms with Gasteiger partial charge in [-0.15, -0.1) is 0 Å². The second-order valence-corrected chi connectivity index (χ2v) is 4.61. The minimum atomic E-state index is -0.522. The zero-order valence-corrected chi connectivity index (χ0v) is 10.9. The Hall–Kier alpha value is -1.81. The highest BCUT2D eigenvalue weighted by Crippen LogP contribution is 2.32. The summed E-state index contributed by atoms with van der Waals surface area (Å²) in [6, 6.07) is -0.438. The van der Waals surface area contributed by atoms with E-state index < -0.39 is 24.5 Å². The van der Waals surface area contributed by atoms with Gasteiger partial charge in [-0.3, -0.25) is 4.57 Å². The topological polar surface area (TPSA) is 134 Å². The van der Waals surface area contributed by atoms with Gasteiger partial charge in [-0.2, -0.15) is 0 Å². The van der Waals surface area contributed by atoms with Gasteiger partial charge in [0.1, 0.15) is 24.1 Å². The van der Waals surface area contributed by atoms with Crippen molar-refractivity contribution in [3.63, 3.8) is 0 Å². The second-order valence-electron chi connectivity index (χ2n) is 4.61. The summed E-state index contributed by atoms with van der Waals surface area (Å²) in [7, 11) is 1.54. The van der Waals surface area contributed by atoms with Crippen LogP contribution in [-0.4, -0.2) is 56.6 Å². The van der Waals surface area contributed by atoms with E-state index in [1.807, 2.05) is 0 Å². The summed E-state index contributed by atoms with van der Waals surface area (Å²) in [6.45, 7) is -0.179. The average molecular weight is 280 g/mol. The molecule has 2 aromatic rings. The molecule has 4 atom stereocenters. The first-order chi connectivity index (χ1) is 9.67. The zero-order valence-electron chi connectivity index (χ0n) is 10.9. The van der Waals surface area contributed by atoms with Crippen molar-refractivity contribution >= 4 is 17.0 Å². The van der Waals surface area contributed by atoms with Crippen LogP contribution in [0.4, 0.5) is 5.82 Å². The Morgan fingerprint density at radius 2 is 2.25 bits per heavy atom. The second kappa shape index (κ2) is 4.94. The molecule has 0 radical (unpaired) electrons. The van der Waals surface area contributed by atoms with Crippen LogP contribution in [0.5, 0.6) is 0 Å². The van der Waals surface area contributed by atoms with Crippen molar-refractivity contribution < 1.29 is 14.6 Å². The van der Waals surface area contributed by atoms with Gasteiger partial charge in [-0.25, -0.2) is 15.0 Å². The summed E-state index contributed by atoms with van der Waals surface area (Å²) in [6.07, 6.45) is 1.48. The number of nitrogens with zero attached hydrogens (tertiary/aromatic N) is 4. The van der Waals surface area contributed by atoms with Gasteiger partial charge in [-0.1, -0.05) is 0 Å². The quantitative estimate of drug-likeness (QED) is 0.627. The third-order valence-corrected chi connectivity index (χ3v) is 3.52. The SMILES string of the molecule is COC1C(N)[C@@H](CO)O[C@H]1n1cnc2c(N)ncnc21. The van der Waals surface area contributed by atoms with Gasteiger partial charge in [0.25, 0.3) is 0 Å². The lowest BCUT2D eigenvalue weighted by Gasteiger charge is -2.20. The Labute approximate surface area is 114 Å². The van der Waals surface area contributed by atoms with Crippen LogP contribution in [0.1, 0.15) is 6.23 Å². The molecule has 1 fully saturated rings. The minimum Gasteiger partial charge on any atom is -0.394 e.